The van der Waals surface area contributed by atoms with Gasteiger partial charge < -0.3 is 25.4 Å². The van der Waals surface area contributed by atoms with Gasteiger partial charge >= 0.3 is 6.09 Å². The summed E-state index contributed by atoms with van der Waals surface area (Å²) in [5, 5.41) is 15.4. The van der Waals surface area contributed by atoms with E-state index in [1.807, 2.05) is 32.0 Å². The number of para-hydroxylation sites is 1. The van der Waals surface area contributed by atoms with Crippen molar-refractivity contribution in [3.63, 3.8) is 0 Å². The number of rotatable bonds is 8. The first kappa shape index (κ1) is 30.8. The number of nitrogens with zero attached hydrogens (tertiary/aromatic N) is 1. The highest BCUT2D eigenvalue weighted by Crippen LogP contribution is 2.27. The van der Waals surface area contributed by atoms with Crippen molar-refractivity contribution in [2.24, 2.45) is 0 Å². The van der Waals surface area contributed by atoms with E-state index in [4.69, 9.17) is 11.2 Å². The zero-order valence-electron chi connectivity index (χ0n) is 24.3. The van der Waals surface area contributed by atoms with Crippen molar-refractivity contribution < 1.29 is 24.2 Å². The molecule has 0 fully saturated rings. The summed E-state index contributed by atoms with van der Waals surface area (Å²) >= 11 is 0. The number of carbonyl (C=O) groups excluding carboxylic acids is 3. The van der Waals surface area contributed by atoms with E-state index in [9.17, 15) is 19.5 Å². The molecule has 3 amide bonds. The lowest BCUT2D eigenvalue weighted by Crippen LogP contribution is -2.52. The standard InChI is InChI=1S/C33H37N3O5/c1-8-23-12-16-25(17-13-23)29(30(38)35-28-21(2)10-9-11-22(28)3)36(7)31(39)27(34-32(40)41-33(4,5)6)20-24-14-18-26(37)19-15-24/h1,9-19,27,29,37H,20H2,2-7H3,(H,34,40)(H,35,38). The molecular formula is C33H37N3O5. The van der Waals surface area contributed by atoms with E-state index in [0.29, 0.717) is 22.4 Å². The number of alkyl carbamates (subject to hydrolysis) is 1. The Morgan fingerprint density at radius 1 is 0.976 bits per heavy atom. The van der Waals surface area contributed by atoms with E-state index in [1.165, 1.54) is 24.1 Å². The van der Waals surface area contributed by atoms with Gasteiger partial charge in [-0.1, -0.05) is 48.4 Å². The van der Waals surface area contributed by atoms with Gasteiger partial charge in [0.1, 0.15) is 23.4 Å². The summed E-state index contributed by atoms with van der Waals surface area (Å²) in [6.45, 7) is 8.97. The number of ether oxygens (including phenoxy) is 1. The monoisotopic (exact) mass is 555 g/mol. The predicted octanol–water partition coefficient (Wildman–Crippen LogP) is 5.26. The fourth-order valence-electron chi connectivity index (χ4n) is 4.41. The summed E-state index contributed by atoms with van der Waals surface area (Å²) in [6, 6.07) is 16.8. The van der Waals surface area contributed by atoms with E-state index in [2.05, 4.69) is 16.6 Å². The van der Waals surface area contributed by atoms with Crippen molar-refractivity contribution in [2.75, 3.05) is 12.4 Å². The number of aromatic hydroxyl groups is 1. The number of nitrogens with one attached hydrogen (secondary N) is 2. The van der Waals surface area contributed by atoms with Crippen LogP contribution < -0.4 is 10.6 Å². The molecule has 0 saturated carbocycles. The summed E-state index contributed by atoms with van der Waals surface area (Å²) < 4.78 is 5.42. The molecule has 3 rings (SSSR count). The summed E-state index contributed by atoms with van der Waals surface area (Å²) in [7, 11) is 1.52. The number of amides is 3. The maximum Gasteiger partial charge on any atom is 0.408 e. The van der Waals surface area contributed by atoms with Crippen LogP contribution in [0.5, 0.6) is 5.75 Å². The van der Waals surface area contributed by atoms with Gasteiger partial charge in [-0.05, 0) is 81.1 Å². The molecule has 0 aliphatic rings. The second-order valence-electron chi connectivity index (χ2n) is 10.9. The Morgan fingerprint density at radius 2 is 1.56 bits per heavy atom. The van der Waals surface area contributed by atoms with Crippen LogP contribution in [0.1, 0.15) is 54.6 Å². The number of terminal acetylenes is 1. The first-order chi connectivity index (χ1) is 19.3. The number of phenols is 1. The second kappa shape index (κ2) is 13.1. The van der Waals surface area contributed by atoms with Crippen molar-refractivity contribution in [3.05, 3.63) is 94.5 Å². The number of anilines is 1. The van der Waals surface area contributed by atoms with Gasteiger partial charge in [-0.25, -0.2) is 4.79 Å². The van der Waals surface area contributed by atoms with Crippen LogP contribution in [0.3, 0.4) is 0 Å². The summed E-state index contributed by atoms with van der Waals surface area (Å²) in [6.07, 6.45) is 4.87. The molecule has 0 aromatic heterocycles. The Morgan fingerprint density at radius 3 is 2.10 bits per heavy atom. The highest BCUT2D eigenvalue weighted by atomic mass is 16.6. The van der Waals surface area contributed by atoms with Crippen molar-refractivity contribution >= 4 is 23.6 Å². The highest BCUT2D eigenvalue weighted by Gasteiger charge is 2.34. The van der Waals surface area contributed by atoms with Gasteiger partial charge in [0.2, 0.25) is 5.91 Å². The minimum Gasteiger partial charge on any atom is -0.508 e. The van der Waals surface area contributed by atoms with Crippen molar-refractivity contribution in [1.29, 1.82) is 0 Å². The molecule has 0 aliphatic heterocycles. The number of phenolic OH excluding ortho intramolecular Hbond substituents is 1. The molecule has 41 heavy (non-hydrogen) atoms. The maximum atomic E-state index is 14.0. The average Bonchev–Trinajstić information content (AvgIpc) is 2.90. The average molecular weight is 556 g/mol. The lowest BCUT2D eigenvalue weighted by molar-refractivity contribution is -0.139. The lowest BCUT2D eigenvalue weighted by Gasteiger charge is -2.32. The Kier molecular flexibility index (Phi) is 9.80. The van der Waals surface area contributed by atoms with Gasteiger partial charge in [0.25, 0.3) is 5.91 Å². The van der Waals surface area contributed by atoms with Crippen LogP contribution in [0.2, 0.25) is 0 Å². The zero-order valence-corrected chi connectivity index (χ0v) is 24.3. The molecule has 2 unspecified atom stereocenters. The molecule has 0 heterocycles. The highest BCUT2D eigenvalue weighted by molar-refractivity contribution is 5.99. The van der Waals surface area contributed by atoms with Crippen LogP contribution in [-0.2, 0) is 20.7 Å². The number of carbonyl (C=O) groups is 3. The zero-order chi connectivity index (χ0) is 30.3. The van der Waals surface area contributed by atoms with E-state index >= 15 is 0 Å². The quantitative estimate of drug-likeness (QED) is 0.329. The van der Waals surface area contributed by atoms with E-state index in [1.54, 1.807) is 57.2 Å². The Labute approximate surface area is 241 Å². The van der Waals surface area contributed by atoms with Crippen LogP contribution in [0, 0.1) is 26.2 Å². The van der Waals surface area contributed by atoms with Gasteiger partial charge in [-0.15, -0.1) is 6.42 Å². The summed E-state index contributed by atoms with van der Waals surface area (Å²) in [4.78, 5) is 42.0. The third-order valence-electron chi connectivity index (χ3n) is 6.47. The molecular weight excluding hydrogens is 518 g/mol. The molecule has 0 saturated heterocycles. The Balaban J connectivity index is 2.00. The lowest BCUT2D eigenvalue weighted by atomic mass is 9.99. The molecule has 0 spiro atoms. The number of aryl methyl sites for hydroxylation is 2. The summed E-state index contributed by atoms with van der Waals surface area (Å²) in [5.41, 5.74) is 3.51. The third-order valence-corrected chi connectivity index (χ3v) is 6.47. The van der Waals surface area contributed by atoms with E-state index < -0.39 is 35.6 Å². The Bertz CT molecular complexity index is 1410. The molecule has 8 nitrogen and oxygen atoms in total. The number of benzene rings is 3. The summed E-state index contributed by atoms with van der Waals surface area (Å²) in [5.74, 6) is 1.70. The van der Waals surface area contributed by atoms with Gasteiger partial charge in [-0.3, -0.25) is 9.59 Å². The van der Waals surface area contributed by atoms with Crippen molar-refractivity contribution in [3.8, 4) is 18.1 Å². The third kappa shape index (κ3) is 8.36. The SMILES string of the molecule is C#Cc1ccc(C(C(=O)Nc2c(C)cccc2C)N(C)C(=O)C(Cc2ccc(O)cc2)NC(=O)OC(C)(C)C)cc1. The van der Waals surface area contributed by atoms with Crippen molar-refractivity contribution in [2.45, 2.75) is 58.7 Å². The second-order valence-corrected chi connectivity index (χ2v) is 10.9. The largest absolute Gasteiger partial charge is 0.508 e. The van der Waals surface area contributed by atoms with Crippen LogP contribution in [-0.4, -0.2) is 46.6 Å². The topological polar surface area (TPSA) is 108 Å². The number of hydrogen-bond donors (Lipinski definition) is 3. The van der Waals surface area contributed by atoms with E-state index in [-0.39, 0.29) is 12.2 Å². The minimum absolute atomic E-state index is 0.0764. The normalized spacial score (nSPS) is 12.4. The Hall–Kier alpha value is -4.77. The molecule has 0 bridgehead atoms. The molecule has 8 heteroatoms. The smallest absolute Gasteiger partial charge is 0.408 e. The van der Waals surface area contributed by atoms with Gasteiger partial charge in [-0.2, -0.15) is 0 Å². The molecule has 2 atom stereocenters. The van der Waals surface area contributed by atoms with Gasteiger partial charge in [0, 0.05) is 24.7 Å². The van der Waals surface area contributed by atoms with E-state index in [0.717, 1.165) is 11.1 Å². The fraction of sp³-hybridized carbons (Fsp3) is 0.303. The first-order valence-electron chi connectivity index (χ1n) is 13.3. The molecule has 3 aromatic rings. The molecule has 214 valence electrons. The van der Waals surface area contributed by atoms with Gasteiger partial charge in [0.05, 0.1) is 0 Å². The molecule has 3 N–H and O–H groups in total. The van der Waals surface area contributed by atoms with Crippen LogP contribution in [0.4, 0.5) is 10.5 Å². The van der Waals surface area contributed by atoms with Gasteiger partial charge in [0.15, 0.2) is 0 Å². The fourth-order valence-corrected chi connectivity index (χ4v) is 4.41. The van der Waals surface area contributed by atoms with Crippen molar-refractivity contribution in [1.82, 2.24) is 10.2 Å². The van der Waals surface area contributed by atoms with Crippen LogP contribution in [0.15, 0.2) is 66.7 Å². The first-order valence-corrected chi connectivity index (χ1v) is 13.3. The molecule has 3 aromatic carbocycles. The molecule has 0 aliphatic carbocycles. The van der Waals surface area contributed by atoms with Crippen LogP contribution in [0.25, 0.3) is 0 Å². The number of hydrogen-bond acceptors (Lipinski definition) is 5. The predicted molar refractivity (Wildman–Crippen MR) is 159 cm³/mol. The minimum atomic E-state index is -1.07. The number of likely N-dealkylation sites (N-methyl/N-ethyl adjacent to an activating group) is 1. The maximum absolute atomic E-state index is 14.0. The molecule has 0 radical (unpaired) electrons. The van der Waals surface area contributed by atoms with Crippen LogP contribution >= 0.6 is 0 Å².